The standard InChI is InChI=1S/C21H26BrN3O2/c1-16(21(26)23-19-9-7-18(22)8-10-19)24(2)15-17-5-3-4-6-20(17)25-11-13-27-14-12-25/h3-10,16H,11-15H2,1-2H3,(H,23,26)/t16-/m1/s1. The van der Waals surface area contributed by atoms with Crippen molar-refractivity contribution >= 4 is 33.2 Å². The number of para-hydroxylation sites is 1. The van der Waals surface area contributed by atoms with Crippen LogP contribution in [0.4, 0.5) is 11.4 Å². The first-order chi connectivity index (χ1) is 13.0. The molecule has 1 atom stereocenters. The molecule has 1 aliphatic heterocycles. The maximum absolute atomic E-state index is 12.6. The lowest BCUT2D eigenvalue weighted by molar-refractivity contribution is -0.120. The molecule has 0 saturated carbocycles. The second kappa shape index (κ2) is 9.35. The van der Waals surface area contributed by atoms with Gasteiger partial charge in [-0.05, 0) is 49.9 Å². The maximum Gasteiger partial charge on any atom is 0.241 e. The van der Waals surface area contributed by atoms with Gasteiger partial charge >= 0.3 is 0 Å². The summed E-state index contributed by atoms with van der Waals surface area (Å²) < 4.78 is 6.46. The van der Waals surface area contributed by atoms with E-state index in [-0.39, 0.29) is 11.9 Å². The van der Waals surface area contributed by atoms with Gasteiger partial charge in [-0.3, -0.25) is 9.69 Å². The highest BCUT2D eigenvalue weighted by molar-refractivity contribution is 9.10. The Bertz CT molecular complexity index is 760. The van der Waals surface area contributed by atoms with Crippen LogP contribution in [-0.4, -0.2) is 50.2 Å². The number of amides is 1. The van der Waals surface area contributed by atoms with Gasteiger partial charge in [-0.15, -0.1) is 0 Å². The fourth-order valence-corrected chi connectivity index (χ4v) is 3.41. The second-order valence-electron chi connectivity index (χ2n) is 6.82. The first-order valence-electron chi connectivity index (χ1n) is 9.22. The lowest BCUT2D eigenvalue weighted by Gasteiger charge is -2.32. The number of halogens is 1. The summed E-state index contributed by atoms with van der Waals surface area (Å²) >= 11 is 3.41. The molecule has 0 aliphatic carbocycles. The number of benzene rings is 2. The molecule has 27 heavy (non-hydrogen) atoms. The molecule has 1 aliphatic rings. The number of likely N-dealkylation sites (N-methyl/N-ethyl adjacent to an activating group) is 1. The number of hydrogen-bond acceptors (Lipinski definition) is 4. The van der Waals surface area contributed by atoms with Crippen molar-refractivity contribution in [1.29, 1.82) is 0 Å². The highest BCUT2D eigenvalue weighted by Crippen LogP contribution is 2.23. The minimum atomic E-state index is -0.244. The van der Waals surface area contributed by atoms with E-state index in [9.17, 15) is 4.79 Å². The summed E-state index contributed by atoms with van der Waals surface area (Å²) in [4.78, 5) is 17.1. The first kappa shape index (κ1) is 19.9. The van der Waals surface area contributed by atoms with E-state index in [0.717, 1.165) is 36.5 Å². The second-order valence-corrected chi connectivity index (χ2v) is 7.73. The van der Waals surface area contributed by atoms with E-state index in [2.05, 4.69) is 55.3 Å². The average Bonchev–Trinajstić information content (AvgIpc) is 2.70. The molecular weight excluding hydrogens is 406 g/mol. The van der Waals surface area contributed by atoms with Crippen molar-refractivity contribution in [3.05, 3.63) is 58.6 Å². The SMILES string of the molecule is C[C@H](C(=O)Nc1ccc(Br)cc1)N(C)Cc1ccccc1N1CCOCC1. The minimum absolute atomic E-state index is 0.0105. The Morgan fingerprint density at radius 3 is 2.56 bits per heavy atom. The van der Waals surface area contributed by atoms with Gasteiger partial charge in [-0.25, -0.2) is 0 Å². The van der Waals surface area contributed by atoms with Crippen molar-refractivity contribution in [2.75, 3.05) is 43.6 Å². The van der Waals surface area contributed by atoms with Crippen molar-refractivity contribution < 1.29 is 9.53 Å². The molecule has 1 fully saturated rings. The van der Waals surface area contributed by atoms with Gasteiger partial charge in [-0.2, -0.15) is 0 Å². The molecule has 144 valence electrons. The summed E-state index contributed by atoms with van der Waals surface area (Å²) in [5.41, 5.74) is 3.26. The first-order valence-corrected chi connectivity index (χ1v) is 10.0. The van der Waals surface area contributed by atoms with Gasteiger partial charge in [0.15, 0.2) is 0 Å². The van der Waals surface area contributed by atoms with E-state index in [0.29, 0.717) is 6.54 Å². The zero-order valence-electron chi connectivity index (χ0n) is 15.8. The number of morpholine rings is 1. The Kier molecular flexibility index (Phi) is 6.88. The molecule has 0 radical (unpaired) electrons. The molecule has 1 N–H and O–H groups in total. The van der Waals surface area contributed by atoms with Gasteiger partial charge in [-0.1, -0.05) is 34.1 Å². The highest BCUT2D eigenvalue weighted by atomic mass is 79.9. The average molecular weight is 432 g/mol. The Morgan fingerprint density at radius 1 is 1.19 bits per heavy atom. The van der Waals surface area contributed by atoms with Gasteiger partial charge < -0.3 is 15.0 Å². The third kappa shape index (κ3) is 5.31. The molecule has 0 aromatic heterocycles. The molecule has 0 bridgehead atoms. The molecule has 0 unspecified atom stereocenters. The number of carbonyl (C=O) groups excluding carboxylic acids is 1. The van der Waals surface area contributed by atoms with Crippen LogP contribution in [0.5, 0.6) is 0 Å². The molecule has 2 aromatic rings. The van der Waals surface area contributed by atoms with Crippen LogP contribution in [0.1, 0.15) is 12.5 Å². The summed E-state index contributed by atoms with van der Waals surface area (Å²) in [6, 6.07) is 15.8. The van der Waals surface area contributed by atoms with E-state index in [4.69, 9.17) is 4.74 Å². The third-order valence-corrected chi connectivity index (χ3v) is 5.44. The number of rotatable bonds is 6. The molecule has 0 spiro atoms. The van der Waals surface area contributed by atoms with Crippen molar-refractivity contribution in [1.82, 2.24) is 4.90 Å². The van der Waals surface area contributed by atoms with E-state index in [1.54, 1.807) is 0 Å². The largest absolute Gasteiger partial charge is 0.378 e. The predicted molar refractivity (Wildman–Crippen MR) is 113 cm³/mol. The van der Waals surface area contributed by atoms with Gasteiger partial charge in [0.1, 0.15) is 0 Å². The molecule has 1 heterocycles. The summed E-state index contributed by atoms with van der Waals surface area (Å²) in [5.74, 6) is -0.0105. The molecular formula is C21H26BrN3O2. The molecule has 1 amide bonds. The molecule has 2 aromatic carbocycles. The number of ether oxygens (including phenoxy) is 1. The Hall–Kier alpha value is -1.89. The lowest BCUT2D eigenvalue weighted by atomic mass is 10.1. The zero-order chi connectivity index (χ0) is 19.2. The summed E-state index contributed by atoms with van der Waals surface area (Å²) in [5, 5.41) is 2.99. The minimum Gasteiger partial charge on any atom is -0.378 e. The lowest BCUT2D eigenvalue weighted by Crippen LogP contribution is -2.40. The fraction of sp³-hybridized carbons (Fsp3) is 0.381. The smallest absolute Gasteiger partial charge is 0.241 e. The molecule has 1 saturated heterocycles. The molecule has 5 nitrogen and oxygen atoms in total. The normalized spacial score (nSPS) is 15.6. The topological polar surface area (TPSA) is 44.8 Å². The van der Waals surface area contributed by atoms with Crippen LogP contribution >= 0.6 is 15.9 Å². The number of anilines is 2. The van der Waals surface area contributed by atoms with E-state index < -0.39 is 0 Å². The number of hydrogen-bond donors (Lipinski definition) is 1. The quantitative estimate of drug-likeness (QED) is 0.756. The van der Waals surface area contributed by atoms with Crippen LogP contribution in [0.2, 0.25) is 0 Å². The van der Waals surface area contributed by atoms with E-state index in [1.165, 1.54) is 11.3 Å². The summed E-state index contributed by atoms with van der Waals surface area (Å²) in [7, 11) is 1.99. The Morgan fingerprint density at radius 2 is 1.85 bits per heavy atom. The van der Waals surface area contributed by atoms with Crippen molar-refractivity contribution in [3.8, 4) is 0 Å². The van der Waals surface area contributed by atoms with Crippen LogP contribution in [0.3, 0.4) is 0 Å². The fourth-order valence-electron chi connectivity index (χ4n) is 3.14. The van der Waals surface area contributed by atoms with Crippen LogP contribution in [0.15, 0.2) is 53.0 Å². The van der Waals surface area contributed by atoms with Gasteiger partial charge in [0.2, 0.25) is 5.91 Å². The Labute approximate surface area is 169 Å². The van der Waals surface area contributed by atoms with Crippen LogP contribution in [0.25, 0.3) is 0 Å². The maximum atomic E-state index is 12.6. The van der Waals surface area contributed by atoms with Crippen molar-refractivity contribution in [3.63, 3.8) is 0 Å². The van der Waals surface area contributed by atoms with E-state index in [1.807, 2.05) is 38.2 Å². The van der Waals surface area contributed by atoms with E-state index >= 15 is 0 Å². The number of nitrogens with one attached hydrogen (secondary N) is 1. The van der Waals surface area contributed by atoms with Gasteiger partial charge in [0.25, 0.3) is 0 Å². The number of carbonyl (C=O) groups is 1. The van der Waals surface area contributed by atoms with Crippen LogP contribution in [0, 0.1) is 0 Å². The molecule has 3 rings (SSSR count). The van der Waals surface area contributed by atoms with Crippen molar-refractivity contribution in [2.45, 2.75) is 19.5 Å². The monoisotopic (exact) mass is 431 g/mol. The van der Waals surface area contributed by atoms with Crippen molar-refractivity contribution in [2.24, 2.45) is 0 Å². The predicted octanol–water partition coefficient (Wildman–Crippen LogP) is 3.74. The van der Waals surface area contributed by atoms with Gasteiger partial charge in [0, 0.05) is 35.5 Å². The number of nitrogens with zero attached hydrogens (tertiary/aromatic N) is 2. The highest BCUT2D eigenvalue weighted by Gasteiger charge is 2.21. The molecule has 6 heteroatoms. The van der Waals surface area contributed by atoms with Crippen LogP contribution in [-0.2, 0) is 16.1 Å². The summed E-state index contributed by atoms with van der Waals surface area (Å²) in [6.07, 6.45) is 0. The van der Waals surface area contributed by atoms with Crippen LogP contribution < -0.4 is 10.2 Å². The summed E-state index contributed by atoms with van der Waals surface area (Å²) in [6.45, 7) is 5.97. The van der Waals surface area contributed by atoms with Gasteiger partial charge in [0.05, 0.1) is 19.3 Å². The zero-order valence-corrected chi connectivity index (χ0v) is 17.4. The third-order valence-electron chi connectivity index (χ3n) is 4.92. The Balaban J connectivity index is 1.64.